The van der Waals surface area contributed by atoms with Gasteiger partial charge in [-0.3, -0.25) is 0 Å². The summed E-state index contributed by atoms with van der Waals surface area (Å²) in [5, 5.41) is 13.4. The first-order chi connectivity index (χ1) is 13.8. The van der Waals surface area contributed by atoms with Crippen LogP contribution in [0.4, 0.5) is 10.2 Å². The van der Waals surface area contributed by atoms with E-state index >= 15 is 0 Å². The van der Waals surface area contributed by atoms with Crippen molar-refractivity contribution in [1.82, 2.24) is 9.71 Å². The number of aryl methyl sites for hydroxylation is 2. The van der Waals surface area contributed by atoms with Gasteiger partial charge in [0.2, 0.25) is 10.0 Å². The van der Waals surface area contributed by atoms with Crippen molar-refractivity contribution in [3.63, 3.8) is 0 Å². The van der Waals surface area contributed by atoms with E-state index < -0.39 is 15.8 Å². The van der Waals surface area contributed by atoms with Crippen molar-refractivity contribution in [2.45, 2.75) is 25.2 Å². The van der Waals surface area contributed by atoms with Gasteiger partial charge in [0.1, 0.15) is 22.6 Å². The zero-order valence-electron chi connectivity index (χ0n) is 16.2. The summed E-state index contributed by atoms with van der Waals surface area (Å²) in [5.74, 6) is -0.325. The fourth-order valence-electron chi connectivity index (χ4n) is 2.94. The highest BCUT2D eigenvalue weighted by molar-refractivity contribution is 7.89. The number of nitrogens with zero attached hydrogens (tertiary/aromatic N) is 2. The first-order valence-corrected chi connectivity index (χ1v) is 10.6. The number of halogens is 1. The van der Waals surface area contributed by atoms with Crippen molar-refractivity contribution in [2.24, 2.45) is 0 Å². The maximum atomic E-state index is 13.7. The van der Waals surface area contributed by atoms with Crippen LogP contribution in [0.3, 0.4) is 0 Å². The average Bonchev–Trinajstić information content (AvgIpc) is 2.70. The number of hydrogen-bond donors (Lipinski definition) is 2. The molecule has 0 amide bonds. The SMILES string of the molecule is Cc1ccc2cc(C#N)c(NCCCNS(=O)(=O)c3ccccc3F)nc2c1C. The van der Waals surface area contributed by atoms with Crippen molar-refractivity contribution in [3.8, 4) is 6.07 Å². The Labute approximate surface area is 169 Å². The molecule has 1 aromatic heterocycles. The molecule has 0 atom stereocenters. The van der Waals surface area contributed by atoms with Crippen molar-refractivity contribution in [1.29, 1.82) is 5.26 Å². The van der Waals surface area contributed by atoms with Gasteiger partial charge in [0.15, 0.2) is 0 Å². The van der Waals surface area contributed by atoms with E-state index in [-0.39, 0.29) is 11.4 Å². The van der Waals surface area contributed by atoms with E-state index in [0.717, 1.165) is 28.1 Å². The molecule has 0 saturated carbocycles. The molecule has 0 radical (unpaired) electrons. The van der Waals surface area contributed by atoms with Gasteiger partial charge in [-0.05, 0) is 49.6 Å². The first-order valence-electron chi connectivity index (χ1n) is 9.12. The molecule has 2 aromatic carbocycles. The van der Waals surface area contributed by atoms with Crippen molar-refractivity contribution < 1.29 is 12.8 Å². The zero-order chi connectivity index (χ0) is 21.0. The number of nitriles is 1. The van der Waals surface area contributed by atoms with Crippen LogP contribution in [0.5, 0.6) is 0 Å². The van der Waals surface area contributed by atoms with Gasteiger partial charge in [-0.15, -0.1) is 0 Å². The fourth-order valence-corrected chi connectivity index (χ4v) is 4.10. The number of benzene rings is 2. The second kappa shape index (κ2) is 8.55. The Balaban J connectivity index is 1.65. The van der Waals surface area contributed by atoms with Crippen LogP contribution in [0.2, 0.25) is 0 Å². The predicted octanol–water partition coefficient (Wildman–Crippen LogP) is 3.64. The third-order valence-electron chi connectivity index (χ3n) is 4.70. The van der Waals surface area contributed by atoms with Crippen LogP contribution < -0.4 is 10.0 Å². The Bertz CT molecular complexity index is 1200. The largest absolute Gasteiger partial charge is 0.369 e. The number of aromatic nitrogens is 1. The third kappa shape index (κ3) is 4.53. The lowest BCUT2D eigenvalue weighted by molar-refractivity contribution is 0.556. The molecule has 29 heavy (non-hydrogen) atoms. The molecule has 0 bridgehead atoms. The van der Waals surface area contributed by atoms with Gasteiger partial charge >= 0.3 is 0 Å². The topological polar surface area (TPSA) is 94.9 Å². The highest BCUT2D eigenvalue weighted by atomic mass is 32.2. The minimum atomic E-state index is -3.91. The molecule has 3 aromatic rings. The molecule has 0 fully saturated rings. The zero-order valence-corrected chi connectivity index (χ0v) is 17.0. The lowest BCUT2D eigenvalue weighted by Crippen LogP contribution is -2.27. The van der Waals surface area contributed by atoms with E-state index in [2.05, 4.69) is 21.1 Å². The Hall–Kier alpha value is -3.02. The first kappa shape index (κ1) is 20.7. The molecule has 0 aliphatic carbocycles. The highest BCUT2D eigenvalue weighted by Gasteiger charge is 2.17. The maximum absolute atomic E-state index is 13.7. The van der Waals surface area contributed by atoms with E-state index in [0.29, 0.717) is 24.3 Å². The summed E-state index contributed by atoms with van der Waals surface area (Å²) in [6.07, 6.45) is 0.436. The summed E-state index contributed by atoms with van der Waals surface area (Å²) in [4.78, 5) is 4.22. The standard InChI is InChI=1S/C21H21FN4O2S/c1-14-8-9-16-12-17(13-23)21(26-20(16)15(14)2)24-10-5-11-25-29(27,28)19-7-4-3-6-18(19)22/h3-4,6-9,12,25H,5,10-11H2,1-2H3,(H,24,26). The molecule has 0 unspecified atom stereocenters. The summed E-state index contributed by atoms with van der Waals surface area (Å²) < 4.78 is 40.4. The van der Waals surface area contributed by atoms with Gasteiger partial charge in [0, 0.05) is 18.5 Å². The number of anilines is 1. The molecule has 6 nitrogen and oxygen atoms in total. The summed E-state index contributed by atoms with van der Waals surface area (Å²) >= 11 is 0. The van der Waals surface area contributed by atoms with Gasteiger partial charge in [0.05, 0.1) is 11.1 Å². The summed E-state index contributed by atoms with van der Waals surface area (Å²) in [6.45, 7) is 4.51. The molecule has 0 aliphatic rings. The number of sulfonamides is 1. The van der Waals surface area contributed by atoms with Gasteiger partial charge in [-0.2, -0.15) is 5.26 Å². The molecule has 8 heteroatoms. The van der Waals surface area contributed by atoms with E-state index in [1.807, 2.05) is 26.0 Å². The smallest absolute Gasteiger partial charge is 0.243 e. The van der Waals surface area contributed by atoms with E-state index in [1.54, 1.807) is 6.07 Å². The van der Waals surface area contributed by atoms with E-state index in [4.69, 9.17) is 0 Å². The van der Waals surface area contributed by atoms with E-state index in [1.165, 1.54) is 18.2 Å². The van der Waals surface area contributed by atoms with Crippen molar-refractivity contribution >= 4 is 26.7 Å². The van der Waals surface area contributed by atoms with Crippen molar-refractivity contribution in [2.75, 3.05) is 18.4 Å². The van der Waals surface area contributed by atoms with Gasteiger partial charge in [0.25, 0.3) is 0 Å². The number of rotatable bonds is 7. The van der Waals surface area contributed by atoms with Gasteiger partial charge in [-0.25, -0.2) is 22.5 Å². The molecule has 0 saturated heterocycles. The van der Waals surface area contributed by atoms with Gasteiger partial charge in [-0.1, -0.05) is 24.3 Å². The van der Waals surface area contributed by atoms with Crippen molar-refractivity contribution in [3.05, 3.63) is 65.0 Å². The summed E-state index contributed by atoms with van der Waals surface area (Å²) in [5.41, 5.74) is 3.41. The normalized spacial score (nSPS) is 11.4. The van der Waals surface area contributed by atoms with Gasteiger partial charge < -0.3 is 5.32 Å². The lowest BCUT2D eigenvalue weighted by atomic mass is 10.0. The maximum Gasteiger partial charge on any atom is 0.243 e. The number of fused-ring (bicyclic) bond motifs is 1. The molecule has 1 heterocycles. The van der Waals surface area contributed by atoms with Crippen LogP contribution in [0.1, 0.15) is 23.1 Å². The monoisotopic (exact) mass is 412 g/mol. The average molecular weight is 412 g/mol. The summed E-state index contributed by atoms with van der Waals surface area (Å²) in [6, 6.07) is 13.1. The van der Waals surface area contributed by atoms with Crippen LogP contribution >= 0.6 is 0 Å². The van der Waals surface area contributed by atoms with Crippen LogP contribution in [0.25, 0.3) is 10.9 Å². The lowest BCUT2D eigenvalue weighted by Gasteiger charge is -2.12. The molecule has 3 rings (SSSR count). The predicted molar refractivity (Wildman–Crippen MR) is 111 cm³/mol. The Morgan fingerprint density at radius 1 is 1.14 bits per heavy atom. The minimum absolute atomic E-state index is 0.122. The van der Waals surface area contributed by atoms with E-state index in [9.17, 15) is 18.1 Å². The highest BCUT2D eigenvalue weighted by Crippen LogP contribution is 2.24. The fraction of sp³-hybridized carbons (Fsp3) is 0.238. The molecule has 150 valence electrons. The third-order valence-corrected chi connectivity index (χ3v) is 6.19. The molecule has 2 N–H and O–H groups in total. The quantitative estimate of drug-likeness (QED) is 0.578. The van der Waals surface area contributed by atoms with Crippen LogP contribution in [-0.4, -0.2) is 26.5 Å². The molecular formula is C21H21FN4O2S. The summed E-state index contributed by atoms with van der Waals surface area (Å²) in [7, 11) is -3.91. The van der Waals surface area contributed by atoms with Crippen LogP contribution in [0, 0.1) is 31.0 Å². The number of pyridine rings is 1. The minimum Gasteiger partial charge on any atom is -0.369 e. The van der Waals surface area contributed by atoms with Crippen LogP contribution in [-0.2, 0) is 10.0 Å². The second-order valence-electron chi connectivity index (χ2n) is 6.68. The van der Waals surface area contributed by atoms with Crippen LogP contribution in [0.15, 0.2) is 47.4 Å². The Morgan fingerprint density at radius 3 is 2.62 bits per heavy atom. The number of hydrogen-bond acceptors (Lipinski definition) is 5. The molecular weight excluding hydrogens is 391 g/mol. The number of nitrogens with one attached hydrogen (secondary N) is 2. The Morgan fingerprint density at radius 2 is 1.90 bits per heavy atom. The molecule has 0 spiro atoms. The second-order valence-corrected chi connectivity index (χ2v) is 8.42. The molecule has 0 aliphatic heterocycles. The Kier molecular flexibility index (Phi) is 6.11.